The van der Waals surface area contributed by atoms with Gasteiger partial charge in [-0.05, 0) is 37.0 Å². The van der Waals surface area contributed by atoms with Gasteiger partial charge >= 0.3 is 0 Å². The van der Waals surface area contributed by atoms with Crippen LogP contribution in [0.15, 0.2) is 24.3 Å². The van der Waals surface area contributed by atoms with Crippen molar-refractivity contribution in [3.05, 3.63) is 35.7 Å². The molecule has 0 spiro atoms. The van der Waals surface area contributed by atoms with Crippen molar-refractivity contribution in [2.24, 2.45) is 5.92 Å². The molecule has 0 unspecified atom stereocenters. The molecule has 1 aliphatic carbocycles. The molecule has 16 heavy (non-hydrogen) atoms. The van der Waals surface area contributed by atoms with E-state index in [9.17, 15) is 4.79 Å². The predicted molar refractivity (Wildman–Crippen MR) is 65.2 cm³/mol. The third-order valence-corrected chi connectivity index (χ3v) is 3.10. The number of pyridine rings is 1. The zero-order valence-electron chi connectivity index (χ0n) is 9.43. The van der Waals surface area contributed by atoms with Crippen molar-refractivity contribution < 1.29 is 4.79 Å². The first-order chi connectivity index (χ1) is 7.88. The Morgan fingerprint density at radius 1 is 1.12 bits per heavy atom. The molecule has 0 aliphatic heterocycles. The van der Waals surface area contributed by atoms with Crippen LogP contribution in [0.2, 0.25) is 0 Å². The first kappa shape index (κ1) is 11.1. The van der Waals surface area contributed by atoms with Gasteiger partial charge in [-0.2, -0.15) is 0 Å². The van der Waals surface area contributed by atoms with Crippen molar-refractivity contribution in [1.29, 1.82) is 0 Å². The number of hydrogen-bond donors (Lipinski definition) is 0. The predicted octanol–water partition coefficient (Wildman–Crippen LogP) is 3.49. The van der Waals surface area contributed by atoms with Gasteiger partial charge in [0, 0.05) is 0 Å². The molecule has 2 rings (SSSR count). The van der Waals surface area contributed by atoms with E-state index < -0.39 is 0 Å². The van der Waals surface area contributed by atoms with Gasteiger partial charge in [-0.25, -0.2) is 4.98 Å². The third kappa shape index (κ3) is 3.02. The van der Waals surface area contributed by atoms with E-state index >= 15 is 0 Å². The number of carbonyl (C=O) groups is 1. The van der Waals surface area contributed by atoms with E-state index in [1.165, 1.54) is 32.1 Å². The summed E-state index contributed by atoms with van der Waals surface area (Å²) < 4.78 is 0. The van der Waals surface area contributed by atoms with Crippen molar-refractivity contribution in [2.45, 2.75) is 32.1 Å². The van der Waals surface area contributed by atoms with Gasteiger partial charge in [0.15, 0.2) is 6.29 Å². The number of carbonyl (C=O) groups excluding carboxylic acids is 1. The lowest BCUT2D eigenvalue weighted by Gasteiger charge is -2.17. The molecule has 1 aromatic rings. The summed E-state index contributed by atoms with van der Waals surface area (Å²) in [6, 6.07) is 5.54. The number of nitrogens with zero attached hydrogens (tertiary/aromatic N) is 1. The largest absolute Gasteiger partial charge is 0.296 e. The lowest BCUT2D eigenvalue weighted by atomic mass is 9.89. The van der Waals surface area contributed by atoms with E-state index in [2.05, 4.69) is 11.1 Å². The molecule has 1 heterocycles. The van der Waals surface area contributed by atoms with Gasteiger partial charge in [0.2, 0.25) is 0 Å². The quantitative estimate of drug-likeness (QED) is 0.722. The highest BCUT2D eigenvalue weighted by Gasteiger charge is 2.09. The Labute approximate surface area is 96.4 Å². The highest BCUT2D eigenvalue weighted by molar-refractivity contribution is 5.72. The summed E-state index contributed by atoms with van der Waals surface area (Å²) in [4.78, 5) is 14.8. The maximum atomic E-state index is 10.6. The average molecular weight is 215 g/mol. The molecule has 0 atom stereocenters. The SMILES string of the molecule is O=Cc1cccc(C=CC2CCCCC2)n1. The van der Waals surface area contributed by atoms with Crippen LogP contribution in [0, 0.1) is 5.92 Å². The number of hydrogen-bond acceptors (Lipinski definition) is 2. The molecule has 1 fully saturated rings. The Morgan fingerprint density at radius 2 is 1.88 bits per heavy atom. The van der Waals surface area contributed by atoms with Crippen LogP contribution in [0.1, 0.15) is 48.3 Å². The topological polar surface area (TPSA) is 30.0 Å². The monoisotopic (exact) mass is 215 g/mol. The normalized spacial score (nSPS) is 17.8. The second-order valence-electron chi connectivity index (χ2n) is 4.36. The van der Waals surface area contributed by atoms with Crippen LogP contribution in [-0.4, -0.2) is 11.3 Å². The van der Waals surface area contributed by atoms with Gasteiger partial charge in [-0.3, -0.25) is 4.79 Å². The molecule has 1 saturated carbocycles. The molecule has 2 heteroatoms. The molecular weight excluding hydrogens is 198 g/mol. The zero-order chi connectivity index (χ0) is 11.2. The van der Waals surface area contributed by atoms with E-state index in [1.54, 1.807) is 6.07 Å². The summed E-state index contributed by atoms with van der Waals surface area (Å²) in [5, 5.41) is 0. The minimum Gasteiger partial charge on any atom is -0.296 e. The number of aromatic nitrogens is 1. The van der Waals surface area contributed by atoms with Gasteiger partial charge in [0.05, 0.1) is 5.69 Å². The average Bonchev–Trinajstić information content (AvgIpc) is 2.38. The molecule has 1 aromatic heterocycles. The van der Waals surface area contributed by atoms with Crippen molar-refractivity contribution in [2.75, 3.05) is 0 Å². The maximum Gasteiger partial charge on any atom is 0.168 e. The van der Waals surface area contributed by atoms with Crippen LogP contribution in [0.5, 0.6) is 0 Å². The van der Waals surface area contributed by atoms with E-state index in [4.69, 9.17) is 0 Å². The second kappa shape index (κ2) is 5.59. The van der Waals surface area contributed by atoms with Gasteiger partial charge in [0.1, 0.15) is 5.69 Å². The van der Waals surface area contributed by atoms with Crippen molar-refractivity contribution in [3.63, 3.8) is 0 Å². The Balaban J connectivity index is 2.01. The Morgan fingerprint density at radius 3 is 2.62 bits per heavy atom. The van der Waals surface area contributed by atoms with Crippen LogP contribution in [0.25, 0.3) is 6.08 Å². The van der Waals surface area contributed by atoms with Gasteiger partial charge < -0.3 is 0 Å². The van der Waals surface area contributed by atoms with Gasteiger partial charge in [0.25, 0.3) is 0 Å². The first-order valence-electron chi connectivity index (χ1n) is 5.99. The summed E-state index contributed by atoms with van der Waals surface area (Å²) in [5.41, 5.74) is 1.39. The van der Waals surface area contributed by atoms with E-state index in [0.717, 1.165) is 12.0 Å². The summed E-state index contributed by atoms with van der Waals surface area (Å²) in [6.45, 7) is 0. The summed E-state index contributed by atoms with van der Waals surface area (Å²) in [7, 11) is 0. The van der Waals surface area contributed by atoms with Crippen molar-refractivity contribution in [3.8, 4) is 0 Å². The smallest absolute Gasteiger partial charge is 0.168 e. The van der Waals surface area contributed by atoms with Crippen LogP contribution in [0.4, 0.5) is 0 Å². The van der Waals surface area contributed by atoms with Crippen LogP contribution in [0.3, 0.4) is 0 Å². The first-order valence-corrected chi connectivity index (χ1v) is 5.99. The molecule has 0 amide bonds. The molecule has 0 bridgehead atoms. The van der Waals surface area contributed by atoms with Gasteiger partial charge in [-0.1, -0.05) is 31.4 Å². The van der Waals surface area contributed by atoms with Crippen molar-refractivity contribution in [1.82, 2.24) is 4.98 Å². The molecule has 0 saturated heterocycles. The number of aldehydes is 1. The minimum atomic E-state index is 0.505. The molecule has 0 radical (unpaired) electrons. The molecular formula is C14H17NO. The van der Waals surface area contributed by atoms with E-state index in [1.807, 2.05) is 18.2 Å². The minimum absolute atomic E-state index is 0.505. The Bertz CT molecular complexity index is 378. The Kier molecular flexibility index (Phi) is 3.86. The second-order valence-corrected chi connectivity index (χ2v) is 4.36. The lowest BCUT2D eigenvalue weighted by molar-refractivity contribution is 0.111. The highest BCUT2D eigenvalue weighted by atomic mass is 16.1. The molecule has 1 aliphatic rings. The fourth-order valence-corrected chi connectivity index (χ4v) is 2.19. The van der Waals surface area contributed by atoms with Crippen LogP contribution in [-0.2, 0) is 0 Å². The standard InChI is InChI=1S/C14H17NO/c16-11-14-8-4-7-13(15-14)10-9-12-5-2-1-3-6-12/h4,7-12H,1-3,5-6H2. The molecule has 0 N–H and O–H groups in total. The summed E-state index contributed by atoms with van der Waals surface area (Å²) in [6.07, 6.45) is 11.7. The molecule has 84 valence electrons. The number of rotatable bonds is 3. The molecule has 0 aromatic carbocycles. The third-order valence-electron chi connectivity index (χ3n) is 3.10. The highest BCUT2D eigenvalue weighted by Crippen LogP contribution is 2.25. The van der Waals surface area contributed by atoms with E-state index in [0.29, 0.717) is 11.6 Å². The zero-order valence-corrected chi connectivity index (χ0v) is 9.43. The lowest BCUT2D eigenvalue weighted by Crippen LogP contribution is -2.02. The summed E-state index contributed by atoms with van der Waals surface area (Å²) in [5.74, 6) is 0.704. The Hall–Kier alpha value is -1.44. The van der Waals surface area contributed by atoms with E-state index in [-0.39, 0.29) is 0 Å². The fourth-order valence-electron chi connectivity index (χ4n) is 2.19. The molecule has 2 nitrogen and oxygen atoms in total. The van der Waals surface area contributed by atoms with Crippen molar-refractivity contribution >= 4 is 12.4 Å². The van der Waals surface area contributed by atoms with Crippen LogP contribution < -0.4 is 0 Å². The van der Waals surface area contributed by atoms with Crippen LogP contribution >= 0.6 is 0 Å². The maximum absolute atomic E-state index is 10.6. The fraction of sp³-hybridized carbons (Fsp3) is 0.429. The summed E-state index contributed by atoms with van der Waals surface area (Å²) >= 11 is 0. The number of allylic oxidation sites excluding steroid dienone is 1. The van der Waals surface area contributed by atoms with Gasteiger partial charge in [-0.15, -0.1) is 0 Å².